The highest BCUT2D eigenvalue weighted by molar-refractivity contribution is 5.81. The van der Waals surface area contributed by atoms with Gasteiger partial charge in [0.15, 0.2) is 11.7 Å². The van der Waals surface area contributed by atoms with E-state index >= 15 is 0 Å². The maximum Gasteiger partial charge on any atom is 0.253 e. The summed E-state index contributed by atoms with van der Waals surface area (Å²) in [5.74, 6) is -0.327. The maximum atomic E-state index is 13.3. The third kappa shape index (κ3) is 4.68. The van der Waals surface area contributed by atoms with Crippen LogP contribution >= 0.6 is 0 Å². The summed E-state index contributed by atoms with van der Waals surface area (Å²) < 4.78 is 23.5. The zero-order valence-corrected chi connectivity index (χ0v) is 16.4. The predicted molar refractivity (Wildman–Crippen MR) is 103 cm³/mol. The van der Waals surface area contributed by atoms with Crippen LogP contribution in [0.4, 0.5) is 4.39 Å². The molecule has 8 heteroatoms. The molecular weight excluding hydrogens is 365 g/mol. The number of aliphatic hydroxyl groups excluding tert-OH is 1. The van der Waals surface area contributed by atoms with Gasteiger partial charge in [0.1, 0.15) is 5.82 Å². The molecule has 0 saturated carbocycles. The van der Waals surface area contributed by atoms with E-state index in [1.54, 1.807) is 11.0 Å². The van der Waals surface area contributed by atoms with Crippen molar-refractivity contribution in [3.05, 3.63) is 29.7 Å². The van der Waals surface area contributed by atoms with Gasteiger partial charge in [-0.05, 0) is 45.0 Å². The fourth-order valence-corrected chi connectivity index (χ4v) is 3.78. The number of benzene rings is 1. The minimum Gasteiger partial charge on any atom is -0.381 e. The molecule has 28 heavy (non-hydrogen) atoms. The molecule has 1 aliphatic heterocycles. The number of likely N-dealkylation sites (N-methyl/N-ethyl adjacent to an activating group) is 1. The molecule has 1 aromatic carbocycles. The Morgan fingerprint density at radius 2 is 2.21 bits per heavy atom. The number of hydrogen-bond acceptors (Lipinski definition) is 6. The summed E-state index contributed by atoms with van der Waals surface area (Å²) in [5, 5.41) is 14.9. The number of fused-ring (bicyclic) bond motifs is 1. The quantitative estimate of drug-likeness (QED) is 0.739. The molecule has 7 nitrogen and oxygen atoms in total. The standard InChI is InChI=1S/C20H28FN3O4/c1-3-24(20(26)17(25)13-27-2)11-10-23-8-6-14(7-9-23)19-16-5-4-15(21)12-18(16)28-22-19/h4-5,12,14,17,25H,3,6-11,13H2,1-2H3/t17-/m0/s1. The van der Waals surface area contributed by atoms with E-state index in [2.05, 4.69) is 10.1 Å². The van der Waals surface area contributed by atoms with E-state index < -0.39 is 6.10 Å². The first-order valence-corrected chi connectivity index (χ1v) is 9.76. The second-order valence-corrected chi connectivity index (χ2v) is 7.21. The van der Waals surface area contributed by atoms with E-state index in [0.29, 0.717) is 18.7 Å². The van der Waals surface area contributed by atoms with Crippen molar-refractivity contribution < 1.29 is 23.6 Å². The Morgan fingerprint density at radius 1 is 1.46 bits per heavy atom. The van der Waals surface area contributed by atoms with Gasteiger partial charge in [0.05, 0.1) is 12.3 Å². The molecule has 1 fully saturated rings. The van der Waals surface area contributed by atoms with Crippen molar-refractivity contribution in [1.29, 1.82) is 0 Å². The molecule has 1 aromatic heterocycles. The van der Waals surface area contributed by atoms with Gasteiger partial charge in [-0.25, -0.2) is 4.39 Å². The Kier molecular flexibility index (Phi) is 6.98. The predicted octanol–water partition coefficient (Wildman–Crippen LogP) is 2.00. The number of carbonyl (C=O) groups is 1. The molecule has 2 heterocycles. The summed E-state index contributed by atoms with van der Waals surface area (Å²) in [6, 6.07) is 4.54. The molecule has 1 N–H and O–H groups in total. The van der Waals surface area contributed by atoms with Crippen molar-refractivity contribution in [3.63, 3.8) is 0 Å². The van der Waals surface area contributed by atoms with E-state index in [1.165, 1.54) is 19.2 Å². The largest absolute Gasteiger partial charge is 0.381 e. The van der Waals surface area contributed by atoms with Gasteiger partial charge in [-0.3, -0.25) is 4.79 Å². The fourth-order valence-electron chi connectivity index (χ4n) is 3.78. The monoisotopic (exact) mass is 393 g/mol. The average molecular weight is 393 g/mol. The second kappa shape index (κ2) is 9.45. The van der Waals surface area contributed by atoms with Crippen LogP contribution in [0.15, 0.2) is 22.7 Å². The van der Waals surface area contributed by atoms with Gasteiger partial charge in [-0.1, -0.05) is 5.16 Å². The van der Waals surface area contributed by atoms with Crippen LogP contribution in [-0.2, 0) is 9.53 Å². The third-order valence-corrected chi connectivity index (χ3v) is 5.43. The van der Waals surface area contributed by atoms with Gasteiger partial charge >= 0.3 is 0 Å². The molecule has 0 unspecified atom stereocenters. The van der Waals surface area contributed by atoms with Gasteiger partial charge in [0.25, 0.3) is 5.91 Å². The van der Waals surface area contributed by atoms with E-state index in [4.69, 9.17) is 9.26 Å². The van der Waals surface area contributed by atoms with Crippen molar-refractivity contribution in [1.82, 2.24) is 15.0 Å². The summed E-state index contributed by atoms with van der Waals surface area (Å²) >= 11 is 0. The van der Waals surface area contributed by atoms with Crippen LogP contribution in [0.2, 0.25) is 0 Å². The smallest absolute Gasteiger partial charge is 0.253 e. The highest BCUT2D eigenvalue weighted by atomic mass is 19.1. The number of methoxy groups -OCH3 is 1. The number of rotatable bonds is 8. The van der Waals surface area contributed by atoms with Gasteiger partial charge in [0.2, 0.25) is 0 Å². The molecule has 1 saturated heterocycles. The van der Waals surface area contributed by atoms with Gasteiger partial charge in [-0.2, -0.15) is 0 Å². The first-order valence-electron chi connectivity index (χ1n) is 9.76. The third-order valence-electron chi connectivity index (χ3n) is 5.43. The van der Waals surface area contributed by atoms with Crippen LogP contribution in [0.25, 0.3) is 11.0 Å². The first kappa shape index (κ1) is 20.7. The Labute approximate surface area is 164 Å². The van der Waals surface area contributed by atoms with Crippen LogP contribution in [0, 0.1) is 5.82 Å². The summed E-state index contributed by atoms with van der Waals surface area (Å²) in [4.78, 5) is 16.2. The maximum absolute atomic E-state index is 13.3. The van der Waals surface area contributed by atoms with Crippen molar-refractivity contribution >= 4 is 16.9 Å². The molecule has 0 radical (unpaired) electrons. The number of nitrogens with zero attached hydrogens (tertiary/aromatic N) is 3. The number of hydrogen-bond donors (Lipinski definition) is 1. The lowest BCUT2D eigenvalue weighted by Gasteiger charge is -2.33. The number of aliphatic hydroxyl groups is 1. The van der Waals surface area contributed by atoms with Crippen molar-refractivity contribution in [2.24, 2.45) is 0 Å². The molecule has 0 spiro atoms. The van der Waals surface area contributed by atoms with Gasteiger partial charge in [-0.15, -0.1) is 0 Å². The number of amides is 1. The van der Waals surface area contributed by atoms with E-state index in [-0.39, 0.29) is 24.2 Å². The molecule has 0 bridgehead atoms. The zero-order chi connectivity index (χ0) is 20.1. The minimum absolute atomic E-state index is 0.0102. The van der Waals surface area contributed by atoms with Crippen LogP contribution < -0.4 is 0 Å². The molecule has 0 aliphatic carbocycles. The Morgan fingerprint density at radius 3 is 2.89 bits per heavy atom. The average Bonchev–Trinajstić information content (AvgIpc) is 3.12. The fraction of sp³-hybridized carbons (Fsp3) is 0.600. The lowest BCUT2D eigenvalue weighted by atomic mass is 9.91. The second-order valence-electron chi connectivity index (χ2n) is 7.21. The van der Waals surface area contributed by atoms with E-state index in [1.807, 2.05) is 6.92 Å². The summed E-state index contributed by atoms with van der Waals surface area (Å²) in [7, 11) is 1.46. The number of likely N-dealkylation sites (tertiary alicyclic amines) is 1. The lowest BCUT2D eigenvalue weighted by molar-refractivity contribution is -0.142. The van der Waals surface area contributed by atoms with Crippen molar-refractivity contribution in [2.45, 2.75) is 31.8 Å². The van der Waals surface area contributed by atoms with Crippen molar-refractivity contribution in [2.75, 3.05) is 46.4 Å². The van der Waals surface area contributed by atoms with Crippen LogP contribution in [0.3, 0.4) is 0 Å². The Balaban J connectivity index is 1.51. The SMILES string of the molecule is CCN(CCN1CCC(c2noc3cc(F)ccc23)CC1)C(=O)[C@@H](O)COC. The molecule has 1 amide bonds. The Hall–Kier alpha value is -2.03. The van der Waals surface area contributed by atoms with Gasteiger partial charge < -0.3 is 24.2 Å². The molecule has 1 atom stereocenters. The lowest BCUT2D eigenvalue weighted by Crippen LogP contribution is -2.45. The number of piperidine rings is 1. The molecular formula is C20H28FN3O4. The van der Waals surface area contributed by atoms with Gasteiger partial charge in [0, 0.05) is 44.1 Å². The zero-order valence-electron chi connectivity index (χ0n) is 16.4. The van der Waals surface area contributed by atoms with E-state index in [0.717, 1.165) is 43.6 Å². The normalized spacial score (nSPS) is 17.1. The first-order chi connectivity index (χ1) is 13.5. The van der Waals surface area contributed by atoms with Crippen molar-refractivity contribution in [3.8, 4) is 0 Å². The number of carbonyl (C=O) groups excluding carboxylic acids is 1. The summed E-state index contributed by atoms with van der Waals surface area (Å²) in [6.07, 6.45) is 0.762. The van der Waals surface area contributed by atoms with Crippen LogP contribution in [-0.4, -0.2) is 78.5 Å². The number of halogens is 1. The number of ether oxygens (including phenoxy) is 1. The topological polar surface area (TPSA) is 79.0 Å². The number of aromatic nitrogens is 1. The highest BCUT2D eigenvalue weighted by Gasteiger charge is 2.26. The summed E-state index contributed by atoms with van der Waals surface area (Å²) in [6.45, 7) is 5.60. The molecule has 2 aromatic rings. The highest BCUT2D eigenvalue weighted by Crippen LogP contribution is 2.32. The molecule has 1 aliphatic rings. The molecule has 154 valence electrons. The minimum atomic E-state index is -1.11. The Bertz CT molecular complexity index is 789. The van der Waals surface area contributed by atoms with E-state index in [9.17, 15) is 14.3 Å². The van der Waals surface area contributed by atoms with Crippen LogP contribution in [0.5, 0.6) is 0 Å². The van der Waals surface area contributed by atoms with Crippen LogP contribution in [0.1, 0.15) is 31.4 Å². The molecule has 3 rings (SSSR count). The summed E-state index contributed by atoms with van der Waals surface area (Å²) in [5.41, 5.74) is 1.40.